The zero-order valence-electron chi connectivity index (χ0n) is 13.4. The molecule has 0 N–H and O–H groups in total. The fraction of sp³-hybridized carbons (Fsp3) is 0.444. The second kappa shape index (κ2) is 7.20. The summed E-state index contributed by atoms with van der Waals surface area (Å²) in [7, 11) is 1.67. The normalized spacial score (nSPS) is 27.4. The third-order valence-corrected chi connectivity index (χ3v) is 4.21. The summed E-state index contributed by atoms with van der Waals surface area (Å²) >= 11 is 0. The Labute approximate surface area is 153 Å². The van der Waals surface area contributed by atoms with Crippen LogP contribution in [0.5, 0.6) is 5.75 Å². The van der Waals surface area contributed by atoms with Gasteiger partial charge in [0.05, 0.1) is 7.11 Å². The topological polar surface area (TPSA) is 26.3 Å². The first-order valence-electron chi connectivity index (χ1n) is 7.11. The van der Waals surface area contributed by atoms with Crippen LogP contribution in [0.4, 0.5) is 0 Å². The van der Waals surface area contributed by atoms with Crippen LogP contribution in [0.1, 0.15) is 37.8 Å². The Balaban J connectivity index is 0.00000220. The van der Waals surface area contributed by atoms with Crippen LogP contribution in [0, 0.1) is 25.2 Å². The second-order valence-electron chi connectivity index (χ2n) is 6.16. The van der Waals surface area contributed by atoms with Crippen molar-refractivity contribution in [2.75, 3.05) is 7.11 Å². The first-order chi connectivity index (χ1) is 9.35. The number of aryl methyl sites for hydroxylation is 1. The standard InChI is InChI=1S/C18H23O2.Y/c1-12-8-9-18(3,4)17(19)15(12)11-14-6-7-16(20-5)13(2)10-14;/h6-7,10-12H,3,8-9H2,1-2,4-5H3;/q-1;/b15-11+;. The van der Waals surface area contributed by atoms with E-state index < -0.39 is 5.41 Å². The number of carbonyl (C=O) groups excluding carboxylic acids is 1. The maximum Gasteiger partial charge on any atom is 0.135 e. The summed E-state index contributed by atoms with van der Waals surface area (Å²) in [6.07, 6.45) is 3.90. The molecule has 2 atom stereocenters. The van der Waals surface area contributed by atoms with Crippen LogP contribution in [0.3, 0.4) is 0 Å². The van der Waals surface area contributed by atoms with Crippen molar-refractivity contribution < 1.29 is 42.2 Å². The molecule has 2 unspecified atom stereocenters. The number of carbonyl (C=O) groups is 1. The zero-order valence-corrected chi connectivity index (χ0v) is 16.2. The maximum absolute atomic E-state index is 12.5. The zero-order chi connectivity index (χ0) is 14.9. The Hall–Kier alpha value is -0.466. The van der Waals surface area contributed by atoms with E-state index in [4.69, 9.17) is 4.74 Å². The van der Waals surface area contributed by atoms with Crippen molar-refractivity contribution in [3.8, 4) is 5.75 Å². The molecule has 0 saturated heterocycles. The number of benzene rings is 1. The Morgan fingerprint density at radius 3 is 2.67 bits per heavy atom. The molecule has 21 heavy (non-hydrogen) atoms. The fourth-order valence-corrected chi connectivity index (χ4v) is 2.76. The number of rotatable bonds is 2. The maximum atomic E-state index is 12.5. The summed E-state index contributed by atoms with van der Waals surface area (Å²) in [6.45, 7) is 10.1. The van der Waals surface area contributed by atoms with Gasteiger partial charge in [-0.15, -0.1) is 0 Å². The minimum Gasteiger partial charge on any atom is -0.496 e. The van der Waals surface area contributed by atoms with E-state index >= 15 is 0 Å². The van der Waals surface area contributed by atoms with Crippen LogP contribution in [-0.4, -0.2) is 12.9 Å². The summed E-state index contributed by atoms with van der Waals surface area (Å²) in [6, 6.07) is 6.00. The number of hydrogen-bond donors (Lipinski definition) is 0. The van der Waals surface area contributed by atoms with E-state index in [2.05, 4.69) is 19.9 Å². The average molecular weight is 360 g/mol. The van der Waals surface area contributed by atoms with Crippen molar-refractivity contribution in [2.45, 2.75) is 33.6 Å². The molecular formula is C18H23O2Y-. The third-order valence-electron chi connectivity index (χ3n) is 4.21. The molecule has 111 valence electrons. The van der Waals surface area contributed by atoms with Crippen LogP contribution in [0.2, 0.25) is 0 Å². The van der Waals surface area contributed by atoms with E-state index in [0.29, 0.717) is 5.92 Å². The molecule has 1 aliphatic carbocycles. The number of allylic oxidation sites excluding steroid dienone is 1. The Kier molecular flexibility index (Phi) is 6.37. The first-order valence-corrected chi connectivity index (χ1v) is 7.11. The van der Waals surface area contributed by atoms with Gasteiger partial charge in [-0.2, -0.15) is 0 Å². The van der Waals surface area contributed by atoms with Gasteiger partial charge in [0.15, 0.2) is 0 Å². The Bertz CT molecular complexity index is 558. The molecular weight excluding hydrogens is 337 g/mol. The van der Waals surface area contributed by atoms with Gasteiger partial charge in [0.1, 0.15) is 11.5 Å². The van der Waals surface area contributed by atoms with Crippen LogP contribution in [0.15, 0.2) is 23.8 Å². The van der Waals surface area contributed by atoms with Crippen molar-refractivity contribution >= 4 is 11.9 Å². The van der Waals surface area contributed by atoms with E-state index in [1.54, 1.807) is 7.11 Å². The van der Waals surface area contributed by atoms with Gasteiger partial charge >= 0.3 is 0 Å². The minimum atomic E-state index is -0.472. The van der Waals surface area contributed by atoms with Gasteiger partial charge in [-0.25, -0.2) is 0 Å². The molecule has 1 fully saturated rings. The summed E-state index contributed by atoms with van der Waals surface area (Å²) in [4.78, 5) is 12.5. The number of hydrogen-bond acceptors (Lipinski definition) is 2. The molecule has 2 nitrogen and oxygen atoms in total. The van der Waals surface area contributed by atoms with Crippen molar-refractivity contribution in [2.24, 2.45) is 11.3 Å². The summed E-state index contributed by atoms with van der Waals surface area (Å²) in [5.41, 5.74) is 2.56. The van der Waals surface area contributed by atoms with Crippen LogP contribution in [0.25, 0.3) is 6.08 Å². The SMILES string of the molecule is [CH2-]C1(C)CCC(C)/C(=C\c2ccc(OC)c(C)c2)C1=O.[Y]. The van der Waals surface area contributed by atoms with Crippen molar-refractivity contribution in [3.05, 3.63) is 41.8 Å². The summed E-state index contributed by atoms with van der Waals surface area (Å²) in [5, 5.41) is 0. The molecule has 0 spiro atoms. The smallest absolute Gasteiger partial charge is 0.135 e. The van der Waals surface area contributed by atoms with E-state index in [0.717, 1.165) is 35.3 Å². The van der Waals surface area contributed by atoms with Gasteiger partial charge in [0, 0.05) is 32.7 Å². The van der Waals surface area contributed by atoms with E-state index in [1.165, 1.54) is 0 Å². The molecule has 1 aromatic carbocycles. The van der Waals surface area contributed by atoms with Gasteiger partial charge in [0.2, 0.25) is 0 Å². The predicted octanol–water partition coefficient (Wildman–Crippen LogP) is 4.22. The van der Waals surface area contributed by atoms with Gasteiger partial charge < -0.3 is 11.7 Å². The molecule has 0 bridgehead atoms. The van der Waals surface area contributed by atoms with Crippen molar-refractivity contribution in [1.29, 1.82) is 0 Å². The Morgan fingerprint density at radius 2 is 2.10 bits per heavy atom. The molecule has 1 saturated carbocycles. The number of methoxy groups -OCH3 is 1. The quantitative estimate of drug-likeness (QED) is 0.583. The average Bonchev–Trinajstić information content (AvgIpc) is 2.40. The van der Waals surface area contributed by atoms with E-state index in [9.17, 15) is 4.79 Å². The van der Waals surface area contributed by atoms with E-state index in [-0.39, 0.29) is 38.5 Å². The number of Topliss-reactive ketones (excluding diaryl/α,β-unsaturated/α-hetero) is 1. The molecule has 1 radical (unpaired) electrons. The van der Waals surface area contributed by atoms with Gasteiger partial charge in [-0.1, -0.05) is 31.7 Å². The largest absolute Gasteiger partial charge is 0.496 e. The van der Waals surface area contributed by atoms with Gasteiger partial charge in [0.25, 0.3) is 0 Å². The fourth-order valence-electron chi connectivity index (χ4n) is 2.76. The van der Waals surface area contributed by atoms with E-state index in [1.807, 2.05) is 32.1 Å². The monoisotopic (exact) mass is 360 g/mol. The van der Waals surface area contributed by atoms with Crippen molar-refractivity contribution in [1.82, 2.24) is 0 Å². The van der Waals surface area contributed by atoms with Crippen molar-refractivity contribution in [3.63, 3.8) is 0 Å². The predicted molar refractivity (Wildman–Crippen MR) is 82.6 cm³/mol. The molecule has 1 aliphatic rings. The minimum absolute atomic E-state index is 0. The third kappa shape index (κ3) is 4.04. The first kappa shape index (κ1) is 18.6. The number of ether oxygens (including phenoxy) is 1. The molecule has 3 heteroatoms. The van der Waals surface area contributed by atoms with Crippen LogP contribution < -0.4 is 4.74 Å². The molecule has 1 aromatic rings. The Morgan fingerprint density at radius 1 is 1.43 bits per heavy atom. The van der Waals surface area contributed by atoms with Gasteiger partial charge in [-0.05, 0) is 54.2 Å². The molecule has 0 aliphatic heterocycles. The molecule has 0 amide bonds. The van der Waals surface area contributed by atoms with Gasteiger partial charge in [-0.3, -0.25) is 4.79 Å². The number of ketones is 1. The van der Waals surface area contributed by atoms with Crippen LogP contribution >= 0.6 is 0 Å². The summed E-state index contributed by atoms with van der Waals surface area (Å²) in [5.74, 6) is 1.36. The molecule has 0 heterocycles. The summed E-state index contributed by atoms with van der Waals surface area (Å²) < 4.78 is 5.27. The molecule has 2 rings (SSSR count). The van der Waals surface area contributed by atoms with Crippen LogP contribution in [-0.2, 0) is 37.5 Å². The molecule has 0 aromatic heterocycles. The second-order valence-corrected chi connectivity index (χ2v) is 6.16.